The molecule has 1 N–H and O–H groups in total. The molecule has 0 bridgehead atoms. The number of nitrogens with one attached hydrogen (secondary N) is 1. The average molecular weight is 212 g/mol. The van der Waals surface area contributed by atoms with Crippen LogP contribution in [0.3, 0.4) is 0 Å². The second kappa shape index (κ2) is 3.35. The molecular weight excluding hydrogens is 198 g/mol. The van der Waals surface area contributed by atoms with Crippen molar-refractivity contribution in [2.45, 2.75) is 25.9 Å². The van der Waals surface area contributed by atoms with Gasteiger partial charge in [0.2, 0.25) is 0 Å². The normalized spacial score (nSPS) is 18.8. The number of hydrogen-bond donors (Lipinski definition) is 1. The van der Waals surface area contributed by atoms with E-state index >= 15 is 0 Å². The van der Waals surface area contributed by atoms with Gasteiger partial charge in [0, 0.05) is 24.1 Å². The summed E-state index contributed by atoms with van der Waals surface area (Å²) in [7, 11) is 0. The van der Waals surface area contributed by atoms with E-state index in [0.29, 0.717) is 5.02 Å². The molecule has 0 aliphatic carbocycles. The maximum Gasteiger partial charge on any atom is 0.144 e. The van der Waals surface area contributed by atoms with Crippen LogP contribution < -0.4 is 10.1 Å². The van der Waals surface area contributed by atoms with Crippen LogP contribution in [0, 0.1) is 0 Å². The zero-order valence-electron chi connectivity index (χ0n) is 8.43. The molecule has 0 spiro atoms. The van der Waals surface area contributed by atoms with Gasteiger partial charge in [0.15, 0.2) is 0 Å². The van der Waals surface area contributed by atoms with Crippen LogP contribution in [0.15, 0.2) is 18.2 Å². The molecule has 0 saturated heterocycles. The van der Waals surface area contributed by atoms with Gasteiger partial charge in [-0.25, -0.2) is 0 Å². The summed E-state index contributed by atoms with van der Waals surface area (Å²) < 4.78 is 5.88. The number of anilines is 1. The summed E-state index contributed by atoms with van der Waals surface area (Å²) in [6, 6.07) is 5.69. The van der Waals surface area contributed by atoms with E-state index in [-0.39, 0.29) is 5.60 Å². The van der Waals surface area contributed by atoms with Crippen LogP contribution >= 0.6 is 11.6 Å². The SMILES string of the molecule is CC1(C)CCNc2ccc(Cl)cc2O1. The molecule has 1 aromatic rings. The van der Waals surface area contributed by atoms with Crippen LogP contribution in [0.4, 0.5) is 5.69 Å². The fraction of sp³-hybridized carbons (Fsp3) is 0.455. The Kier molecular flexibility index (Phi) is 2.31. The highest BCUT2D eigenvalue weighted by Crippen LogP contribution is 2.34. The smallest absolute Gasteiger partial charge is 0.144 e. The predicted octanol–water partition coefficient (Wildman–Crippen LogP) is 3.31. The molecule has 3 heteroatoms. The first-order chi connectivity index (χ1) is 6.57. The van der Waals surface area contributed by atoms with Gasteiger partial charge in [0.05, 0.1) is 5.69 Å². The summed E-state index contributed by atoms with van der Waals surface area (Å²) in [5, 5.41) is 4.04. The Bertz CT molecular complexity index is 349. The van der Waals surface area contributed by atoms with Gasteiger partial charge >= 0.3 is 0 Å². The summed E-state index contributed by atoms with van der Waals surface area (Å²) in [4.78, 5) is 0. The number of benzene rings is 1. The largest absolute Gasteiger partial charge is 0.486 e. The van der Waals surface area contributed by atoms with Crippen molar-refractivity contribution in [2.75, 3.05) is 11.9 Å². The number of hydrogen-bond acceptors (Lipinski definition) is 2. The zero-order chi connectivity index (χ0) is 10.2. The summed E-state index contributed by atoms with van der Waals surface area (Å²) in [5.74, 6) is 0.847. The Balaban J connectivity index is 2.38. The van der Waals surface area contributed by atoms with Crippen molar-refractivity contribution in [1.29, 1.82) is 0 Å². The highest BCUT2D eigenvalue weighted by atomic mass is 35.5. The Morgan fingerprint density at radius 1 is 1.43 bits per heavy atom. The van der Waals surface area contributed by atoms with E-state index in [9.17, 15) is 0 Å². The molecule has 76 valence electrons. The molecule has 1 aliphatic rings. The van der Waals surface area contributed by atoms with E-state index in [4.69, 9.17) is 16.3 Å². The number of rotatable bonds is 0. The van der Waals surface area contributed by atoms with Crippen LogP contribution in [0.5, 0.6) is 5.75 Å². The van der Waals surface area contributed by atoms with E-state index in [0.717, 1.165) is 24.4 Å². The first kappa shape index (κ1) is 9.66. The van der Waals surface area contributed by atoms with Gasteiger partial charge < -0.3 is 10.1 Å². The van der Waals surface area contributed by atoms with Crippen LogP contribution in [0.1, 0.15) is 20.3 Å². The lowest BCUT2D eigenvalue weighted by molar-refractivity contribution is 0.108. The van der Waals surface area contributed by atoms with Crippen molar-refractivity contribution in [3.63, 3.8) is 0 Å². The van der Waals surface area contributed by atoms with Crippen molar-refractivity contribution in [2.24, 2.45) is 0 Å². The molecule has 0 aromatic heterocycles. The Morgan fingerprint density at radius 2 is 2.21 bits per heavy atom. The molecule has 0 radical (unpaired) electrons. The zero-order valence-corrected chi connectivity index (χ0v) is 9.19. The second-order valence-electron chi connectivity index (χ2n) is 4.18. The minimum absolute atomic E-state index is 0.122. The van der Waals surface area contributed by atoms with Crippen molar-refractivity contribution >= 4 is 17.3 Å². The molecule has 1 heterocycles. The molecule has 14 heavy (non-hydrogen) atoms. The van der Waals surface area contributed by atoms with E-state index in [1.807, 2.05) is 18.2 Å². The van der Waals surface area contributed by atoms with Gasteiger partial charge in [0.25, 0.3) is 0 Å². The Labute approximate surface area is 89.2 Å². The van der Waals surface area contributed by atoms with Gasteiger partial charge in [-0.3, -0.25) is 0 Å². The summed E-state index contributed by atoms with van der Waals surface area (Å²) >= 11 is 5.92. The third-order valence-electron chi connectivity index (χ3n) is 2.37. The number of halogens is 1. The van der Waals surface area contributed by atoms with Crippen molar-refractivity contribution in [3.05, 3.63) is 23.2 Å². The fourth-order valence-electron chi connectivity index (χ4n) is 1.57. The minimum Gasteiger partial charge on any atom is -0.486 e. The lowest BCUT2D eigenvalue weighted by Crippen LogP contribution is -2.28. The third kappa shape index (κ3) is 1.95. The molecule has 0 fully saturated rings. The Hall–Kier alpha value is -0.890. The van der Waals surface area contributed by atoms with E-state index in [2.05, 4.69) is 19.2 Å². The van der Waals surface area contributed by atoms with Gasteiger partial charge in [-0.2, -0.15) is 0 Å². The molecule has 0 atom stereocenters. The van der Waals surface area contributed by atoms with Crippen LogP contribution in [0.25, 0.3) is 0 Å². The van der Waals surface area contributed by atoms with Crippen LogP contribution in [-0.2, 0) is 0 Å². The number of fused-ring (bicyclic) bond motifs is 1. The van der Waals surface area contributed by atoms with E-state index < -0.39 is 0 Å². The highest BCUT2D eigenvalue weighted by Gasteiger charge is 2.24. The monoisotopic (exact) mass is 211 g/mol. The second-order valence-corrected chi connectivity index (χ2v) is 4.62. The maximum atomic E-state index is 5.92. The van der Waals surface area contributed by atoms with Crippen molar-refractivity contribution < 1.29 is 4.74 Å². The molecule has 0 unspecified atom stereocenters. The molecule has 0 saturated carbocycles. The summed E-state index contributed by atoms with van der Waals surface area (Å²) in [6.07, 6.45) is 0.985. The molecule has 2 nitrogen and oxygen atoms in total. The van der Waals surface area contributed by atoms with Crippen molar-refractivity contribution in [3.8, 4) is 5.75 Å². The highest BCUT2D eigenvalue weighted by molar-refractivity contribution is 6.30. The topological polar surface area (TPSA) is 21.3 Å². The lowest BCUT2D eigenvalue weighted by Gasteiger charge is -2.23. The van der Waals surface area contributed by atoms with E-state index in [1.165, 1.54) is 0 Å². The van der Waals surface area contributed by atoms with Crippen LogP contribution in [-0.4, -0.2) is 12.1 Å². The van der Waals surface area contributed by atoms with Gasteiger partial charge in [-0.1, -0.05) is 11.6 Å². The lowest BCUT2D eigenvalue weighted by atomic mass is 10.1. The van der Waals surface area contributed by atoms with Crippen molar-refractivity contribution in [1.82, 2.24) is 0 Å². The summed E-state index contributed by atoms with van der Waals surface area (Å²) in [6.45, 7) is 5.11. The average Bonchev–Trinajstić information content (AvgIpc) is 2.21. The minimum atomic E-state index is -0.122. The molecule has 0 amide bonds. The van der Waals surface area contributed by atoms with Gasteiger partial charge in [-0.05, 0) is 26.0 Å². The number of ether oxygens (including phenoxy) is 1. The molecule has 2 rings (SSSR count). The van der Waals surface area contributed by atoms with E-state index in [1.54, 1.807) is 0 Å². The molecule has 1 aromatic carbocycles. The fourth-order valence-corrected chi connectivity index (χ4v) is 1.74. The van der Waals surface area contributed by atoms with Crippen LogP contribution in [0.2, 0.25) is 5.02 Å². The first-order valence-electron chi connectivity index (χ1n) is 4.79. The third-order valence-corrected chi connectivity index (χ3v) is 2.61. The Morgan fingerprint density at radius 3 is 3.00 bits per heavy atom. The summed E-state index contributed by atoms with van der Waals surface area (Å²) in [5.41, 5.74) is 0.906. The molecular formula is C11H14ClNO. The quantitative estimate of drug-likeness (QED) is 0.711. The first-order valence-corrected chi connectivity index (χ1v) is 5.17. The standard InChI is InChI=1S/C11H14ClNO/c1-11(2)5-6-13-9-4-3-8(12)7-10(9)14-11/h3-4,7,13H,5-6H2,1-2H3. The maximum absolute atomic E-state index is 5.92. The predicted molar refractivity (Wildman–Crippen MR) is 59.3 cm³/mol. The molecule has 1 aliphatic heterocycles. The van der Waals surface area contributed by atoms with Gasteiger partial charge in [-0.15, -0.1) is 0 Å². The van der Waals surface area contributed by atoms with Gasteiger partial charge in [0.1, 0.15) is 11.4 Å².